The minimum absolute atomic E-state index is 0.383. The smallest absolute Gasteiger partial charge is 0.0584 e. The first-order chi connectivity index (χ1) is 9.15. The number of rotatable bonds is 5. The van der Waals surface area contributed by atoms with Gasteiger partial charge >= 0.3 is 0 Å². The van der Waals surface area contributed by atoms with Gasteiger partial charge < -0.3 is 5.11 Å². The standard InChI is InChI=1S/C15H15BrClNO/c16-13-3-2-12(15(17)10-13)9-14(19)4-1-11-5-7-18-8-6-11/h2-3,5-8,10,14,19H,1,4,9H2. The lowest BCUT2D eigenvalue weighted by Gasteiger charge is -2.12. The number of nitrogens with zero attached hydrogens (tertiary/aromatic N) is 1. The summed E-state index contributed by atoms with van der Waals surface area (Å²) in [4.78, 5) is 3.98. The molecule has 1 aromatic heterocycles. The molecule has 19 heavy (non-hydrogen) atoms. The number of halogens is 2. The summed E-state index contributed by atoms with van der Waals surface area (Å²) >= 11 is 9.51. The quantitative estimate of drug-likeness (QED) is 0.891. The van der Waals surface area contributed by atoms with Gasteiger partial charge in [-0.1, -0.05) is 33.6 Å². The highest BCUT2D eigenvalue weighted by Crippen LogP contribution is 2.23. The lowest BCUT2D eigenvalue weighted by Crippen LogP contribution is -2.12. The highest BCUT2D eigenvalue weighted by molar-refractivity contribution is 9.10. The molecule has 0 radical (unpaired) electrons. The number of aliphatic hydroxyl groups is 1. The van der Waals surface area contributed by atoms with Crippen molar-refractivity contribution in [2.24, 2.45) is 0 Å². The highest BCUT2D eigenvalue weighted by Gasteiger charge is 2.09. The summed E-state index contributed by atoms with van der Waals surface area (Å²) in [6, 6.07) is 9.68. The fraction of sp³-hybridized carbons (Fsp3) is 0.267. The summed E-state index contributed by atoms with van der Waals surface area (Å²) in [6.45, 7) is 0. The number of hydrogen-bond donors (Lipinski definition) is 1. The molecule has 2 nitrogen and oxygen atoms in total. The van der Waals surface area contributed by atoms with E-state index in [2.05, 4.69) is 20.9 Å². The van der Waals surface area contributed by atoms with E-state index in [1.807, 2.05) is 30.3 Å². The number of hydrogen-bond acceptors (Lipinski definition) is 2. The molecule has 1 unspecified atom stereocenters. The third-order valence-corrected chi connectivity index (χ3v) is 3.83. The fourth-order valence-corrected chi connectivity index (χ4v) is 2.68. The van der Waals surface area contributed by atoms with Crippen molar-refractivity contribution >= 4 is 27.5 Å². The molecule has 0 bridgehead atoms. The average molecular weight is 341 g/mol. The van der Waals surface area contributed by atoms with Crippen LogP contribution < -0.4 is 0 Å². The Hall–Kier alpha value is -0.900. The van der Waals surface area contributed by atoms with Gasteiger partial charge in [-0.05, 0) is 54.7 Å². The number of pyridine rings is 1. The van der Waals surface area contributed by atoms with Crippen LogP contribution in [0, 0.1) is 0 Å². The van der Waals surface area contributed by atoms with E-state index >= 15 is 0 Å². The van der Waals surface area contributed by atoms with E-state index in [1.165, 1.54) is 5.56 Å². The minimum atomic E-state index is -0.383. The molecule has 1 N–H and O–H groups in total. The van der Waals surface area contributed by atoms with Gasteiger partial charge in [-0.25, -0.2) is 0 Å². The van der Waals surface area contributed by atoms with Gasteiger partial charge in [0.2, 0.25) is 0 Å². The lowest BCUT2D eigenvalue weighted by molar-refractivity contribution is 0.165. The van der Waals surface area contributed by atoms with Gasteiger partial charge in [-0.2, -0.15) is 0 Å². The molecule has 1 atom stereocenters. The van der Waals surface area contributed by atoms with Gasteiger partial charge in [-0.15, -0.1) is 0 Å². The zero-order valence-corrected chi connectivity index (χ0v) is 12.7. The first-order valence-electron chi connectivity index (χ1n) is 6.16. The first kappa shape index (κ1) is 14.5. The topological polar surface area (TPSA) is 33.1 Å². The maximum absolute atomic E-state index is 10.1. The van der Waals surface area contributed by atoms with Crippen molar-refractivity contribution in [1.29, 1.82) is 0 Å². The van der Waals surface area contributed by atoms with Crippen molar-refractivity contribution in [3.8, 4) is 0 Å². The fourth-order valence-electron chi connectivity index (χ4n) is 1.93. The van der Waals surface area contributed by atoms with Crippen LogP contribution in [0.25, 0.3) is 0 Å². The van der Waals surface area contributed by atoms with Gasteiger partial charge in [-0.3, -0.25) is 4.98 Å². The monoisotopic (exact) mass is 339 g/mol. The van der Waals surface area contributed by atoms with E-state index in [4.69, 9.17) is 11.6 Å². The Labute approximate surface area is 126 Å². The molecular weight excluding hydrogens is 326 g/mol. The van der Waals surface area contributed by atoms with E-state index in [9.17, 15) is 5.11 Å². The van der Waals surface area contributed by atoms with Crippen molar-refractivity contribution < 1.29 is 5.11 Å². The maximum atomic E-state index is 10.1. The van der Waals surface area contributed by atoms with Gasteiger partial charge in [0.1, 0.15) is 0 Å². The van der Waals surface area contributed by atoms with Crippen LogP contribution in [-0.2, 0) is 12.8 Å². The zero-order valence-electron chi connectivity index (χ0n) is 10.4. The van der Waals surface area contributed by atoms with E-state index < -0.39 is 0 Å². The Morgan fingerprint density at radius 2 is 1.95 bits per heavy atom. The van der Waals surface area contributed by atoms with E-state index in [1.54, 1.807) is 12.4 Å². The third kappa shape index (κ3) is 4.60. The largest absolute Gasteiger partial charge is 0.393 e. The van der Waals surface area contributed by atoms with Gasteiger partial charge in [0.05, 0.1) is 6.10 Å². The summed E-state index contributed by atoms with van der Waals surface area (Å²) in [7, 11) is 0. The Kier molecular flexibility index (Phi) is 5.37. The SMILES string of the molecule is OC(CCc1ccncc1)Cc1ccc(Br)cc1Cl. The van der Waals surface area contributed by atoms with Crippen LogP contribution in [0.3, 0.4) is 0 Å². The maximum Gasteiger partial charge on any atom is 0.0584 e. The second-order valence-electron chi connectivity index (χ2n) is 4.49. The summed E-state index contributed by atoms with van der Waals surface area (Å²) in [6.07, 6.45) is 5.30. The molecule has 0 amide bonds. The Bertz CT molecular complexity index is 533. The second-order valence-corrected chi connectivity index (χ2v) is 5.81. The first-order valence-corrected chi connectivity index (χ1v) is 7.33. The van der Waals surface area contributed by atoms with Crippen LogP contribution in [0.5, 0.6) is 0 Å². The average Bonchev–Trinajstić information content (AvgIpc) is 2.41. The van der Waals surface area contributed by atoms with Crippen LogP contribution in [0.4, 0.5) is 0 Å². The van der Waals surface area contributed by atoms with Crippen LogP contribution in [0.2, 0.25) is 5.02 Å². The van der Waals surface area contributed by atoms with Crippen LogP contribution in [0.15, 0.2) is 47.2 Å². The number of aliphatic hydroxyl groups excluding tert-OH is 1. The van der Waals surface area contributed by atoms with Crippen molar-refractivity contribution in [3.63, 3.8) is 0 Å². The Balaban J connectivity index is 1.89. The minimum Gasteiger partial charge on any atom is -0.393 e. The summed E-state index contributed by atoms with van der Waals surface area (Å²) < 4.78 is 0.951. The number of aromatic nitrogens is 1. The van der Waals surface area contributed by atoms with Gasteiger partial charge in [0.15, 0.2) is 0 Å². The Morgan fingerprint density at radius 3 is 2.63 bits per heavy atom. The van der Waals surface area contributed by atoms with Crippen molar-refractivity contribution in [3.05, 3.63) is 63.3 Å². The van der Waals surface area contributed by atoms with Crippen LogP contribution >= 0.6 is 27.5 Å². The molecule has 100 valence electrons. The molecule has 4 heteroatoms. The van der Waals surface area contributed by atoms with Gasteiger partial charge in [0, 0.05) is 21.9 Å². The molecule has 0 saturated heterocycles. The summed E-state index contributed by atoms with van der Waals surface area (Å²) in [5.74, 6) is 0. The summed E-state index contributed by atoms with van der Waals surface area (Å²) in [5.41, 5.74) is 2.17. The van der Waals surface area contributed by atoms with Crippen LogP contribution in [-0.4, -0.2) is 16.2 Å². The van der Waals surface area contributed by atoms with Crippen molar-refractivity contribution in [2.75, 3.05) is 0 Å². The second kappa shape index (κ2) is 7.04. The van der Waals surface area contributed by atoms with Gasteiger partial charge in [0.25, 0.3) is 0 Å². The third-order valence-electron chi connectivity index (χ3n) is 2.99. The predicted molar refractivity (Wildman–Crippen MR) is 81.4 cm³/mol. The molecule has 0 saturated carbocycles. The number of aryl methyl sites for hydroxylation is 1. The predicted octanol–water partition coefficient (Wildman–Crippen LogP) is 4.03. The Morgan fingerprint density at radius 1 is 1.21 bits per heavy atom. The summed E-state index contributed by atoms with van der Waals surface area (Å²) in [5, 5.41) is 10.8. The molecule has 0 aliphatic rings. The lowest BCUT2D eigenvalue weighted by atomic mass is 10.0. The zero-order chi connectivity index (χ0) is 13.7. The van der Waals surface area contributed by atoms with Crippen molar-refractivity contribution in [1.82, 2.24) is 4.98 Å². The molecule has 2 aromatic rings. The van der Waals surface area contributed by atoms with Crippen molar-refractivity contribution in [2.45, 2.75) is 25.4 Å². The van der Waals surface area contributed by atoms with Crippen LogP contribution in [0.1, 0.15) is 17.5 Å². The molecule has 0 spiro atoms. The molecular formula is C15H15BrClNO. The molecule has 0 aliphatic carbocycles. The highest BCUT2D eigenvalue weighted by atomic mass is 79.9. The molecule has 0 fully saturated rings. The van der Waals surface area contributed by atoms with E-state index in [-0.39, 0.29) is 6.10 Å². The van der Waals surface area contributed by atoms with E-state index in [0.29, 0.717) is 11.4 Å². The molecule has 2 rings (SSSR count). The molecule has 1 aromatic carbocycles. The number of benzene rings is 1. The molecule has 0 aliphatic heterocycles. The molecule has 1 heterocycles. The normalized spacial score (nSPS) is 12.4. The van der Waals surface area contributed by atoms with E-state index in [0.717, 1.165) is 22.9 Å².